The molecule has 0 bridgehead atoms. The summed E-state index contributed by atoms with van der Waals surface area (Å²) in [6.45, 7) is 6.81. The fraction of sp³-hybridized carbons (Fsp3) is 0.273. The molecule has 4 aromatic rings. The highest BCUT2D eigenvalue weighted by Gasteiger charge is 2.19. The minimum atomic E-state index is -0.135. The summed E-state index contributed by atoms with van der Waals surface area (Å²) < 4.78 is 7.54. The molecule has 0 atom stereocenters. The van der Waals surface area contributed by atoms with Crippen molar-refractivity contribution in [1.82, 2.24) is 25.1 Å². The van der Waals surface area contributed by atoms with E-state index >= 15 is 0 Å². The van der Waals surface area contributed by atoms with Gasteiger partial charge < -0.3 is 9.73 Å². The molecular formula is C22H23N5O2S2. The Labute approximate surface area is 188 Å². The Morgan fingerprint density at radius 1 is 1.23 bits per heavy atom. The highest BCUT2D eigenvalue weighted by molar-refractivity contribution is 7.98. The number of carbonyl (C=O) groups excluding carboxylic acids is 1. The van der Waals surface area contributed by atoms with Crippen LogP contribution in [0.2, 0.25) is 0 Å². The summed E-state index contributed by atoms with van der Waals surface area (Å²) in [5.74, 6) is 2.14. The number of rotatable bonds is 8. The van der Waals surface area contributed by atoms with E-state index < -0.39 is 0 Å². The average molecular weight is 454 g/mol. The maximum Gasteiger partial charge on any atom is 0.270 e. The maximum atomic E-state index is 12.2. The molecule has 0 aliphatic heterocycles. The van der Waals surface area contributed by atoms with Crippen LogP contribution < -0.4 is 5.32 Å². The number of hydrogen-bond donors (Lipinski definition) is 1. The third-order valence-electron chi connectivity index (χ3n) is 4.45. The molecule has 0 fully saturated rings. The van der Waals surface area contributed by atoms with Gasteiger partial charge in [-0.25, -0.2) is 4.98 Å². The smallest absolute Gasteiger partial charge is 0.270 e. The Hall–Kier alpha value is -2.91. The van der Waals surface area contributed by atoms with E-state index in [0.717, 1.165) is 15.9 Å². The second kappa shape index (κ2) is 9.49. The molecule has 31 heavy (non-hydrogen) atoms. The van der Waals surface area contributed by atoms with Crippen LogP contribution in [-0.2, 0) is 5.75 Å². The van der Waals surface area contributed by atoms with Crippen molar-refractivity contribution in [2.45, 2.75) is 31.7 Å². The summed E-state index contributed by atoms with van der Waals surface area (Å²) in [6.07, 6.45) is 1.62. The Morgan fingerprint density at radius 3 is 2.74 bits per heavy atom. The molecule has 0 unspecified atom stereocenters. The molecular weight excluding hydrogens is 430 g/mol. The molecule has 0 aliphatic carbocycles. The van der Waals surface area contributed by atoms with Gasteiger partial charge in [-0.3, -0.25) is 9.36 Å². The summed E-state index contributed by atoms with van der Waals surface area (Å²) in [7, 11) is 0. The number of carbonyl (C=O) groups is 1. The molecule has 0 saturated carbocycles. The monoisotopic (exact) mass is 453 g/mol. The Morgan fingerprint density at radius 2 is 2.03 bits per heavy atom. The summed E-state index contributed by atoms with van der Waals surface area (Å²) in [6, 6.07) is 11.9. The highest BCUT2D eigenvalue weighted by Crippen LogP contribution is 2.30. The zero-order valence-electron chi connectivity index (χ0n) is 17.5. The van der Waals surface area contributed by atoms with Gasteiger partial charge in [-0.05, 0) is 37.1 Å². The van der Waals surface area contributed by atoms with E-state index in [2.05, 4.69) is 53.4 Å². The lowest BCUT2D eigenvalue weighted by Crippen LogP contribution is -2.27. The van der Waals surface area contributed by atoms with E-state index in [1.54, 1.807) is 11.6 Å². The van der Waals surface area contributed by atoms with Crippen molar-refractivity contribution in [3.05, 3.63) is 64.3 Å². The van der Waals surface area contributed by atoms with Crippen molar-refractivity contribution < 1.29 is 9.21 Å². The second-order valence-corrected chi connectivity index (χ2v) is 9.36. The molecule has 160 valence electrons. The van der Waals surface area contributed by atoms with Gasteiger partial charge in [0.05, 0.1) is 12.0 Å². The van der Waals surface area contributed by atoms with Gasteiger partial charge in [0.25, 0.3) is 5.91 Å². The number of nitrogens with one attached hydrogen (secondary N) is 1. The van der Waals surface area contributed by atoms with Crippen LogP contribution in [0.5, 0.6) is 0 Å². The van der Waals surface area contributed by atoms with E-state index in [4.69, 9.17) is 4.42 Å². The number of aromatic nitrogens is 4. The van der Waals surface area contributed by atoms with Crippen LogP contribution in [0.1, 0.15) is 34.9 Å². The van der Waals surface area contributed by atoms with Gasteiger partial charge in [-0.2, -0.15) is 0 Å². The largest absolute Gasteiger partial charge is 0.461 e. The van der Waals surface area contributed by atoms with Crippen molar-refractivity contribution >= 4 is 29.0 Å². The van der Waals surface area contributed by atoms with Crippen molar-refractivity contribution in [3.63, 3.8) is 0 Å². The molecule has 3 aromatic heterocycles. The molecule has 3 heterocycles. The van der Waals surface area contributed by atoms with Gasteiger partial charge in [0.2, 0.25) is 5.82 Å². The lowest BCUT2D eigenvalue weighted by molar-refractivity contribution is 0.0944. The van der Waals surface area contributed by atoms with Gasteiger partial charge in [-0.1, -0.05) is 43.3 Å². The molecule has 9 heteroatoms. The Bertz CT molecular complexity index is 1150. The molecule has 1 aromatic carbocycles. The van der Waals surface area contributed by atoms with Gasteiger partial charge in [-0.15, -0.1) is 21.5 Å². The minimum Gasteiger partial charge on any atom is -0.461 e. The minimum absolute atomic E-state index is 0.135. The number of nitrogens with zero attached hydrogens (tertiary/aromatic N) is 4. The van der Waals surface area contributed by atoms with E-state index in [1.807, 2.05) is 28.8 Å². The van der Waals surface area contributed by atoms with Gasteiger partial charge in [0.1, 0.15) is 10.7 Å². The Kier molecular flexibility index (Phi) is 6.53. The summed E-state index contributed by atoms with van der Waals surface area (Å²) in [4.78, 5) is 16.7. The predicted octanol–water partition coefficient (Wildman–Crippen LogP) is 4.97. The summed E-state index contributed by atoms with van der Waals surface area (Å²) >= 11 is 3.00. The molecule has 1 amide bonds. The van der Waals surface area contributed by atoms with Crippen LogP contribution >= 0.6 is 23.1 Å². The van der Waals surface area contributed by atoms with Crippen LogP contribution in [-0.4, -0.2) is 32.2 Å². The molecule has 0 radical (unpaired) electrons. The third kappa shape index (κ3) is 5.05. The molecule has 7 nitrogen and oxygen atoms in total. The van der Waals surface area contributed by atoms with Crippen LogP contribution in [0.25, 0.3) is 17.3 Å². The van der Waals surface area contributed by atoms with E-state index in [0.29, 0.717) is 35.5 Å². The fourth-order valence-electron chi connectivity index (χ4n) is 2.85. The van der Waals surface area contributed by atoms with Crippen molar-refractivity contribution in [1.29, 1.82) is 0 Å². The van der Waals surface area contributed by atoms with Crippen molar-refractivity contribution in [2.24, 2.45) is 5.92 Å². The standard InChI is InChI=1S/C22H23N5O2S2/c1-14(2)11-23-21(28)17-12-30-19(24-17)13-31-22-26-25-20(18-5-4-10-29-18)27(22)16-8-6-15(3)7-9-16/h4-10,12,14H,11,13H2,1-3H3,(H,23,28). The first kappa shape index (κ1) is 21.3. The van der Waals surface area contributed by atoms with E-state index in [9.17, 15) is 4.79 Å². The van der Waals surface area contributed by atoms with Gasteiger partial charge in [0.15, 0.2) is 10.9 Å². The molecule has 1 N–H and O–H groups in total. The van der Waals surface area contributed by atoms with Crippen molar-refractivity contribution in [2.75, 3.05) is 6.54 Å². The molecule has 0 aliphatic rings. The van der Waals surface area contributed by atoms with Crippen LogP contribution in [0.3, 0.4) is 0 Å². The highest BCUT2D eigenvalue weighted by atomic mass is 32.2. The predicted molar refractivity (Wildman–Crippen MR) is 123 cm³/mol. The maximum absolute atomic E-state index is 12.2. The van der Waals surface area contributed by atoms with Gasteiger partial charge >= 0.3 is 0 Å². The first-order valence-electron chi connectivity index (χ1n) is 9.93. The zero-order chi connectivity index (χ0) is 21.8. The first-order chi connectivity index (χ1) is 15.0. The normalized spacial score (nSPS) is 11.2. The number of amides is 1. The summed E-state index contributed by atoms with van der Waals surface area (Å²) in [5, 5.41) is 15.0. The zero-order valence-corrected chi connectivity index (χ0v) is 19.2. The number of hydrogen-bond acceptors (Lipinski definition) is 7. The van der Waals surface area contributed by atoms with Crippen LogP contribution in [0, 0.1) is 12.8 Å². The lowest BCUT2D eigenvalue weighted by atomic mass is 10.2. The molecule has 0 spiro atoms. The quantitative estimate of drug-likeness (QED) is 0.379. The number of aryl methyl sites for hydroxylation is 1. The summed E-state index contributed by atoms with van der Waals surface area (Å²) in [5.41, 5.74) is 2.59. The number of benzene rings is 1. The molecule has 0 saturated heterocycles. The third-order valence-corrected chi connectivity index (χ3v) is 6.42. The lowest BCUT2D eigenvalue weighted by Gasteiger charge is -2.09. The van der Waals surface area contributed by atoms with Crippen LogP contribution in [0.4, 0.5) is 0 Å². The topological polar surface area (TPSA) is 85.8 Å². The average Bonchev–Trinajstić information content (AvgIpc) is 3.51. The number of thiazole rings is 1. The fourth-order valence-corrected chi connectivity index (χ4v) is 4.59. The van der Waals surface area contributed by atoms with Crippen LogP contribution in [0.15, 0.2) is 57.6 Å². The van der Waals surface area contributed by atoms with E-state index in [1.165, 1.54) is 28.7 Å². The van der Waals surface area contributed by atoms with E-state index in [-0.39, 0.29) is 5.91 Å². The van der Waals surface area contributed by atoms with Crippen molar-refractivity contribution in [3.8, 4) is 17.3 Å². The number of furan rings is 1. The second-order valence-electron chi connectivity index (χ2n) is 7.47. The Balaban J connectivity index is 1.54. The van der Waals surface area contributed by atoms with Gasteiger partial charge in [0, 0.05) is 17.6 Å². The number of thioether (sulfide) groups is 1. The SMILES string of the molecule is Cc1ccc(-n2c(SCc3nc(C(=O)NCC(C)C)cs3)nnc2-c2ccco2)cc1. The molecule has 4 rings (SSSR count). The first-order valence-corrected chi connectivity index (χ1v) is 11.8.